The van der Waals surface area contributed by atoms with Crippen molar-refractivity contribution in [1.82, 2.24) is 9.71 Å². The molecule has 4 aromatic rings. The molecule has 0 radical (unpaired) electrons. The molecule has 2 heterocycles. The number of nitriles is 1. The van der Waals surface area contributed by atoms with Gasteiger partial charge in [-0.15, -0.1) is 0 Å². The normalized spacial score (nSPS) is 12.6. The molecular formula is C27H22ClFN4O4S. The number of anilines is 1. The van der Waals surface area contributed by atoms with E-state index in [1.165, 1.54) is 24.5 Å². The van der Waals surface area contributed by atoms with Crippen molar-refractivity contribution in [3.8, 4) is 17.4 Å². The van der Waals surface area contributed by atoms with E-state index in [4.69, 9.17) is 16.0 Å². The van der Waals surface area contributed by atoms with Crippen molar-refractivity contribution in [2.75, 3.05) is 11.6 Å². The lowest BCUT2D eigenvalue weighted by atomic mass is 9.98. The first kappa shape index (κ1) is 27.0. The largest absolute Gasteiger partial charge is 0.455 e. The summed E-state index contributed by atoms with van der Waals surface area (Å²) in [6.45, 7) is 5.16. The molecule has 2 aromatic heterocycles. The zero-order valence-corrected chi connectivity index (χ0v) is 22.4. The van der Waals surface area contributed by atoms with Gasteiger partial charge in [0.1, 0.15) is 33.3 Å². The molecule has 1 amide bonds. The third kappa shape index (κ3) is 5.30. The van der Waals surface area contributed by atoms with Gasteiger partial charge in [0, 0.05) is 17.4 Å². The number of nitrogens with zero attached hydrogens (tertiary/aromatic N) is 2. The van der Waals surface area contributed by atoms with E-state index in [1.807, 2.05) is 19.1 Å². The first-order valence-corrected chi connectivity index (χ1v) is 13.3. The molecule has 0 spiro atoms. The summed E-state index contributed by atoms with van der Waals surface area (Å²) in [6, 6.07) is 11.8. The summed E-state index contributed by atoms with van der Waals surface area (Å²) >= 11 is 6.00. The van der Waals surface area contributed by atoms with Crippen LogP contribution in [0.5, 0.6) is 0 Å². The van der Waals surface area contributed by atoms with E-state index in [0.29, 0.717) is 16.6 Å². The van der Waals surface area contributed by atoms with E-state index in [0.717, 1.165) is 11.6 Å². The molecule has 2 unspecified atom stereocenters. The summed E-state index contributed by atoms with van der Waals surface area (Å²) in [5.74, 6) is -1.30. The van der Waals surface area contributed by atoms with Crippen LogP contribution < -0.4 is 15.5 Å². The maximum atomic E-state index is 14.8. The number of rotatable bonds is 6. The summed E-state index contributed by atoms with van der Waals surface area (Å²) in [5.41, 5.74) is 1.91. The van der Waals surface area contributed by atoms with Crippen molar-refractivity contribution >= 4 is 45.2 Å². The maximum absolute atomic E-state index is 14.8. The molecule has 0 saturated heterocycles. The Hall–Kier alpha value is -4.07. The van der Waals surface area contributed by atoms with Crippen LogP contribution in [-0.2, 0) is 11.0 Å². The zero-order valence-electron chi connectivity index (χ0n) is 20.8. The standard InChI is InChI=1S/C27H22ClFN4O4S/c1-13-9-17(15(3)31-21-7-8-22(28)32-23(21)27(35)33-38(4)36)26-19(10-13)24(34)14(2)25(37-26)18-11-16(12-30)5-6-20(18)29/h5-11,15,31H,1-4H3,(H,33,35). The van der Waals surface area contributed by atoms with Gasteiger partial charge in [0.25, 0.3) is 5.91 Å². The van der Waals surface area contributed by atoms with Crippen LogP contribution in [0.4, 0.5) is 10.1 Å². The monoisotopic (exact) mass is 552 g/mol. The second-order valence-electron chi connectivity index (χ2n) is 8.70. The van der Waals surface area contributed by atoms with E-state index in [9.17, 15) is 23.5 Å². The lowest BCUT2D eigenvalue weighted by molar-refractivity contribution is 0.0979. The lowest BCUT2D eigenvalue weighted by Gasteiger charge is -2.20. The Morgan fingerprint density at radius 3 is 2.63 bits per heavy atom. The van der Waals surface area contributed by atoms with Crippen molar-refractivity contribution < 1.29 is 17.8 Å². The van der Waals surface area contributed by atoms with E-state index < -0.39 is 28.8 Å². The Kier molecular flexibility index (Phi) is 7.62. The Labute approximate surface area is 225 Å². The molecule has 2 atom stereocenters. The Morgan fingerprint density at radius 1 is 1.21 bits per heavy atom. The van der Waals surface area contributed by atoms with Gasteiger partial charge in [0.2, 0.25) is 0 Å². The topological polar surface area (TPSA) is 125 Å². The number of fused-ring (bicyclic) bond motifs is 1. The number of hydrogen-bond donors (Lipinski definition) is 2. The molecule has 0 fully saturated rings. The number of hydrogen-bond acceptors (Lipinski definition) is 7. The average molecular weight is 553 g/mol. The zero-order chi connectivity index (χ0) is 27.7. The predicted molar refractivity (Wildman–Crippen MR) is 145 cm³/mol. The number of aromatic nitrogens is 1. The smallest absolute Gasteiger partial charge is 0.283 e. The molecule has 4 rings (SSSR count). The molecule has 0 aliphatic heterocycles. The molecule has 38 heavy (non-hydrogen) atoms. The first-order valence-electron chi connectivity index (χ1n) is 11.4. The van der Waals surface area contributed by atoms with Gasteiger partial charge in [-0.2, -0.15) is 5.26 Å². The minimum absolute atomic E-state index is 0.00103. The van der Waals surface area contributed by atoms with Crippen LogP contribution in [0, 0.1) is 31.0 Å². The molecule has 2 aromatic carbocycles. The predicted octanol–water partition coefficient (Wildman–Crippen LogP) is 5.33. The highest BCUT2D eigenvalue weighted by Crippen LogP contribution is 2.34. The fraction of sp³-hybridized carbons (Fsp3) is 0.185. The highest BCUT2D eigenvalue weighted by atomic mass is 35.5. The minimum atomic E-state index is -1.62. The number of aryl methyl sites for hydroxylation is 1. The molecular weight excluding hydrogens is 531 g/mol. The Balaban J connectivity index is 1.88. The van der Waals surface area contributed by atoms with Gasteiger partial charge in [-0.3, -0.25) is 14.3 Å². The average Bonchev–Trinajstić information content (AvgIpc) is 2.87. The van der Waals surface area contributed by atoms with E-state index >= 15 is 0 Å². The molecule has 194 valence electrons. The fourth-order valence-corrected chi connectivity index (χ4v) is 4.63. The Morgan fingerprint density at radius 2 is 1.95 bits per heavy atom. The van der Waals surface area contributed by atoms with Gasteiger partial charge in [-0.05, 0) is 62.7 Å². The van der Waals surface area contributed by atoms with Crippen molar-refractivity contribution in [2.45, 2.75) is 26.8 Å². The highest BCUT2D eigenvalue weighted by molar-refractivity contribution is 7.82. The SMILES string of the molecule is Cc1cc(C(C)Nc2ccc(Cl)nc2C(=O)NS(C)=O)c2oc(-c3cc(C#N)ccc3F)c(C)c(=O)c2c1. The first-order chi connectivity index (χ1) is 18.0. The summed E-state index contributed by atoms with van der Waals surface area (Å²) < 4.78 is 34.8. The second kappa shape index (κ2) is 10.7. The fourth-order valence-electron chi connectivity index (χ4n) is 4.13. The summed E-state index contributed by atoms with van der Waals surface area (Å²) in [7, 11) is -1.62. The van der Waals surface area contributed by atoms with Crippen LogP contribution in [0.2, 0.25) is 5.15 Å². The van der Waals surface area contributed by atoms with Gasteiger partial charge in [0.05, 0.1) is 34.3 Å². The van der Waals surface area contributed by atoms with Crippen LogP contribution in [0.25, 0.3) is 22.3 Å². The number of carbonyl (C=O) groups excluding carboxylic acids is 1. The summed E-state index contributed by atoms with van der Waals surface area (Å²) in [4.78, 5) is 30.1. The van der Waals surface area contributed by atoms with Crippen LogP contribution in [0.3, 0.4) is 0 Å². The third-order valence-corrected chi connectivity index (χ3v) is 6.57. The third-order valence-electron chi connectivity index (χ3n) is 5.88. The highest BCUT2D eigenvalue weighted by Gasteiger charge is 2.22. The van der Waals surface area contributed by atoms with Crippen LogP contribution in [0.15, 0.2) is 51.7 Å². The van der Waals surface area contributed by atoms with Crippen molar-refractivity contribution in [3.63, 3.8) is 0 Å². The lowest BCUT2D eigenvalue weighted by Crippen LogP contribution is -2.27. The molecule has 11 heteroatoms. The maximum Gasteiger partial charge on any atom is 0.283 e. The number of pyridine rings is 1. The van der Waals surface area contributed by atoms with Gasteiger partial charge < -0.3 is 9.73 Å². The number of benzene rings is 2. The minimum Gasteiger partial charge on any atom is -0.455 e. The number of carbonyl (C=O) groups is 1. The molecule has 0 aliphatic carbocycles. The van der Waals surface area contributed by atoms with Crippen molar-refractivity contribution in [2.24, 2.45) is 0 Å². The Bertz CT molecular complexity index is 1730. The number of nitrogens with one attached hydrogen (secondary N) is 2. The number of amides is 1. The van der Waals surface area contributed by atoms with Crippen LogP contribution in [0.1, 0.15) is 45.7 Å². The molecule has 8 nitrogen and oxygen atoms in total. The molecule has 0 bridgehead atoms. The van der Waals surface area contributed by atoms with Gasteiger partial charge in [0.15, 0.2) is 11.1 Å². The van der Waals surface area contributed by atoms with Crippen molar-refractivity contribution in [3.05, 3.63) is 91.6 Å². The summed E-state index contributed by atoms with van der Waals surface area (Å²) in [6.07, 6.45) is 1.31. The van der Waals surface area contributed by atoms with Gasteiger partial charge in [-0.1, -0.05) is 17.7 Å². The van der Waals surface area contributed by atoms with Crippen LogP contribution >= 0.6 is 11.6 Å². The van der Waals surface area contributed by atoms with Crippen molar-refractivity contribution in [1.29, 1.82) is 5.26 Å². The van der Waals surface area contributed by atoms with Gasteiger partial charge in [-0.25, -0.2) is 13.6 Å². The summed E-state index contributed by atoms with van der Waals surface area (Å²) in [5, 5.41) is 12.8. The second-order valence-corrected chi connectivity index (χ2v) is 10.2. The number of halogens is 2. The quantitative estimate of drug-likeness (QED) is 0.310. The van der Waals surface area contributed by atoms with E-state index in [2.05, 4.69) is 15.0 Å². The van der Waals surface area contributed by atoms with Crippen LogP contribution in [-0.4, -0.2) is 21.4 Å². The van der Waals surface area contributed by atoms with E-state index in [1.54, 1.807) is 26.0 Å². The van der Waals surface area contributed by atoms with E-state index in [-0.39, 0.29) is 44.3 Å². The molecule has 2 N–H and O–H groups in total. The molecule has 0 saturated carbocycles. The molecule has 0 aliphatic rings. The van der Waals surface area contributed by atoms with Gasteiger partial charge >= 0.3 is 0 Å².